The Morgan fingerprint density at radius 3 is 3.06 bits per heavy atom. The van der Waals surface area contributed by atoms with Crippen LogP contribution in [0, 0.1) is 17.2 Å². The number of nitriles is 1. The largest absolute Gasteiger partial charge is 0.496 e. The van der Waals surface area contributed by atoms with Gasteiger partial charge in [0.05, 0.1) is 24.1 Å². The molecule has 1 heterocycles. The second kappa shape index (κ2) is 4.73. The lowest BCUT2D eigenvalue weighted by Crippen LogP contribution is -2.08. The average molecular weight is 238 g/mol. The standard InChI is InChI=1S/C12H12ClNO2/c1-15-10-4-2-3-9(13)11(10)12-8(7-14)5-6-16-12/h2-4,8,12H,5-6H2,1H3. The Balaban J connectivity index is 2.43. The molecule has 0 bridgehead atoms. The summed E-state index contributed by atoms with van der Waals surface area (Å²) in [4.78, 5) is 0. The van der Waals surface area contributed by atoms with Gasteiger partial charge >= 0.3 is 0 Å². The van der Waals surface area contributed by atoms with Crippen molar-refractivity contribution in [3.8, 4) is 11.8 Å². The highest BCUT2D eigenvalue weighted by molar-refractivity contribution is 6.31. The first-order valence-corrected chi connectivity index (χ1v) is 5.49. The van der Waals surface area contributed by atoms with Gasteiger partial charge in [-0.1, -0.05) is 17.7 Å². The van der Waals surface area contributed by atoms with Crippen molar-refractivity contribution in [2.24, 2.45) is 5.92 Å². The molecular weight excluding hydrogens is 226 g/mol. The monoisotopic (exact) mass is 237 g/mol. The maximum Gasteiger partial charge on any atom is 0.126 e. The summed E-state index contributed by atoms with van der Waals surface area (Å²) in [5, 5.41) is 9.63. The van der Waals surface area contributed by atoms with Gasteiger partial charge in [-0.15, -0.1) is 0 Å². The Kier molecular flexibility index (Phi) is 3.33. The molecule has 3 nitrogen and oxygen atoms in total. The predicted molar refractivity (Wildman–Crippen MR) is 60.4 cm³/mol. The van der Waals surface area contributed by atoms with Crippen LogP contribution in [0.1, 0.15) is 18.1 Å². The van der Waals surface area contributed by atoms with Crippen molar-refractivity contribution in [3.63, 3.8) is 0 Å². The van der Waals surface area contributed by atoms with E-state index in [1.807, 2.05) is 12.1 Å². The lowest BCUT2D eigenvalue weighted by molar-refractivity contribution is 0.0984. The molecule has 1 aromatic carbocycles. The Hall–Kier alpha value is -1.24. The van der Waals surface area contributed by atoms with Gasteiger partial charge in [-0.05, 0) is 18.6 Å². The number of nitrogens with zero attached hydrogens (tertiary/aromatic N) is 1. The molecule has 0 spiro atoms. The van der Waals surface area contributed by atoms with E-state index in [1.54, 1.807) is 13.2 Å². The third-order valence-corrected chi connectivity index (χ3v) is 3.10. The molecule has 2 unspecified atom stereocenters. The van der Waals surface area contributed by atoms with Crippen LogP contribution in [-0.4, -0.2) is 13.7 Å². The van der Waals surface area contributed by atoms with E-state index < -0.39 is 0 Å². The molecule has 1 aliphatic heterocycles. The van der Waals surface area contributed by atoms with Crippen LogP contribution >= 0.6 is 11.6 Å². The Labute approximate surface area is 99.5 Å². The summed E-state index contributed by atoms with van der Waals surface area (Å²) in [5.74, 6) is 0.536. The first-order chi connectivity index (χ1) is 7.77. The van der Waals surface area contributed by atoms with E-state index in [2.05, 4.69) is 6.07 Å². The zero-order valence-electron chi connectivity index (χ0n) is 8.94. The third-order valence-electron chi connectivity index (χ3n) is 2.77. The van der Waals surface area contributed by atoms with Crippen molar-refractivity contribution in [3.05, 3.63) is 28.8 Å². The highest BCUT2D eigenvalue weighted by Crippen LogP contribution is 2.42. The fraction of sp³-hybridized carbons (Fsp3) is 0.417. The van der Waals surface area contributed by atoms with Crippen LogP contribution in [0.3, 0.4) is 0 Å². The van der Waals surface area contributed by atoms with Crippen molar-refractivity contribution in [1.29, 1.82) is 5.26 Å². The van der Waals surface area contributed by atoms with Crippen LogP contribution in [-0.2, 0) is 4.74 Å². The molecule has 2 rings (SSSR count). The molecule has 1 aromatic rings. The normalized spacial score (nSPS) is 24.1. The molecule has 0 saturated carbocycles. The number of ether oxygens (including phenoxy) is 2. The highest BCUT2D eigenvalue weighted by Gasteiger charge is 2.33. The molecule has 84 valence electrons. The minimum absolute atomic E-state index is 0.145. The van der Waals surface area contributed by atoms with Crippen LogP contribution in [0.2, 0.25) is 5.02 Å². The molecular formula is C12H12ClNO2. The summed E-state index contributed by atoms with van der Waals surface area (Å²) >= 11 is 6.14. The van der Waals surface area contributed by atoms with Crippen molar-refractivity contribution in [2.45, 2.75) is 12.5 Å². The SMILES string of the molecule is COc1cccc(Cl)c1C1OCCC1C#N. The molecule has 0 aromatic heterocycles. The number of rotatable bonds is 2. The fourth-order valence-electron chi connectivity index (χ4n) is 1.98. The van der Waals surface area contributed by atoms with E-state index in [0.717, 1.165) is 12.0 Å². The summed E-state index contributed by atoms with van der Waals surface area (Å²) in [6.45, 7) is 0.595. The van der Waals surface area contributed by atoms with Gasteiger partial charge in [-0.3, -0.25) is 0 Å². The molecule has 0 aliphatic carbocycles. The number of hydrogen-bond donors (Lipinski definition) is 0. The quantitative estimate of drug-likeness (QED) is 0.794. The van der Waals surface area contributed by atoms with Crippen LogP contribution in [0.25, 0.3) is 0 Å². The molecule has 1 aliphatic rings. The molecule has 2 atom stereocenters. The van der Waals surface area contributed by atoms with Crippen molar-refractivity contribution < 1.29 is 9.47 Å². The second-order valence-electron chi connectivity index (χ2n) is 3.67. The molecule has 0 N–H and O–H groups in total. The van der Waals surface area contributed by atoms with E-state index in [-0.39, 0.29) is 12.0 Å². The van der Waals surface area contributed by atoms with E-state index in [1.165, 1.54) is 0 Å². The number of benzene rings is 1. The lowest BCUT2D eigenvalue weighted by atomic mass is 9.96. The molecule has 0 amide bonds. The second-order valence-corrected chi connectivity index (χ2v) is 4.08. The predicted octanol–water partition coefficient (Wildman–Crippen LogP) is 2.95. The average Bonchev–Trinajstić information content (AvgIpc) is 2.76. The molecule has 16 heavy (non-hydrogen) atoms. The molecule has 0 radical (unpaired) electrons. The van der Waals surface area contributed by atoms with Gasteiger partial charge < -0.3 is 9.47 Å². The van der Waals surface area contributed by atoms with Gasteiger partial charge in [0, 0.05) is 12.2 Å². The smallest absolute Gasteiger partial charge is 0.126 e. The summed E-state index contributed by atoms with van der Waals surface area (Å²) in [6.07, 6.45) is 0.476. The number of halogens is 1. The van der Waals surface area contributed by atoms with E-state index in [0.29, 0.717) is 17.4 Å². The molecule has 1 saturated heterocycles. The van der Waals surface area contributed by atoms with Gasteiger partial charge in [-0.2, -0.15) is 5.26 Å². The van der Waals surface area contributed by atoms with Gasteiger partial charge in [0.15, 0.2) is 0 Å². The summed E-state index contributed by atoms with van der Waals surface area (Å²) in [5.41, 5.74) is 0.788. The molecule has 1 fully saturated rings. The highest BCUT2D eigenvalue weighted by atomic mass is 35.5. The van der Waals surface area contributed by atoms with Crippen LogP contribution in [0.5, 0.6) is 5.75 Å². The van der Waals surface area contributed by atoms with E-state index in [9.17, 15) is 0 Å². The lowest BCUT2D eigenvalue weighted by Gasteiger charge is -2.18. The zero-order chi connectivity index (χ0) is 11.5. The van der Waals surface area contributed by atoms with Gasteiger partial charge in [0.25, 0.3) is 0 Å². The van der Waals surface area contributed by atoms with Gasteiger partial charge in [0.2, 0.25) is 0 Å². The number of hydrogen-bond acceptors (Lipinski definition) is 3. The van der Waals surface area contributed by atoms with Gasteiger partial charge in [0.1, 0.15) is 11.9 Å². The zero-order valence-corrected chi connectivity index (χ0v) is 9.70. The van der Waals surface area contributed by atoms with Crippen LogP contribution in [0.4, 0.5) is 0 Å². The van der Waals surface area contributed by atoms with E-state index >= 15 is 0 Å². The Morgan fingerprint density at radius 2 is 2.38 bits per heavy atom. The minimum Gasteiger partial charge on any atom is -0.496 e. The summed E-state index contributed by atoms with van der Waals surface area (Å²) < 4.78 is 10.8. The van der Waals surface area contributed by atoms with E-state index in [4.69, 9.17) is 26.3 Å². The summed E-state index contributed by atoms with van der Waals surface area (Å²) in [6, 6.07) is 7.69. The number of methoxy groups -OCH3 is 1. The van der Waals surface area contributed by atoms with Crippen LogP contribution in [0.15, 0.2) is 18.2 Å². The Morgan fingerprint density at radius 1 is 1.56 bits per heavy atom. The van der Waals surface area contributed by atoms with Gasteiger partial charge in [-0.25, -0.2) is 0 Å². The third kappa shape index (κ3) is 1.87. The maximum atomic E-state index is 9.04. The van der Waals surface area contributed by atoms with Crippen molar-refractivity contribution >= 4 is 11.6 Å². The van der Waals surface area contributed by atoms with Crippen LogP contribution < -0.4 is 4.74 Å². The fourth-order valence-corrected chi connectivity index (χ4v) is 2.25. The maximum absolute atomic E-state index is 9.04. The van der Waals surface area contributed by atoms with Crippen molar-refractivity contribution in [2.75, 3.05) is 13.7 Å². The Bertz CT molecular complexity index is 428. The summed E-state index contributed by atoms with van der Waals surface area (Å²) in [7, 11) is 1.59. The molecule has 4 heteroatoms. The first-order valence-electron chi connectivity index (χ1n) is 5.11. The topological polar surface area (TPSA) is 42.2 Å². The van der Waals surface area contributed by atoms with Crippen molar-refractivity contribution in [1.82, 2.24) is 0 Å². The minimum atomic E-state index is -0.270. The first kappa shape index (κ1) is 11.3.